The first kappa shape index (κ1) is 34.2. The lowest BCUT2D eigenvalue weighted by Gasteiger charge is -2.46. The number of nitrogens with zero attached hydrogens (tertiary/aromatic N) is 2. The summed E-state index contributed by atoms with van der Waals surface area (Å²) >= 11 is 0. The molecule has 3 fully saturated rings. The Kier molecular flexibility index (Phi) is 8.98. The molecule has 0 radical (unpaired) electrons. The Morgan fingerprint density at radius 3 is 2.40 bits per heavy atom. The summed E-state index contributed by atoms with van der Waals surface area (Å²) in [6.07, 6.45) is -0.847. The van der Waals surface area contributed by atoms with Gasteiger partial charge in [-0.05, 0) is 83.1 Å². The molecule has 3 unspecified atom stereocenters. The van der Waals surface area contributed by atoms with E-state index in [1.165, 1.54) is 25.1 Å². The molecule has 0 bridgehead atoms. The molecule has 2 aromatic carbocycles. The number of halogens is 5. The van der Waals surface area contributed by atoms with E-state index in [9.17, 15) is 26.4 Å². The molecule has 1 aromatic heterocycles. The second kappa shape index (κ2) is 12.6. The van der Waals surface area contributed by atoms with E-state index in [1.54, 1.807) is 11.0 Å². The average molecular weight is 697 g/mol. The normalized spacial score (nSPS) is 22.4. The molecule has 3 aromatic rings. The summed E-state index contributed by atoms with van der Waals surface area (Å²) < 4.78 is 106. The molecule has 9 nitrogen and oxygen atoms in total. The molecule has 1 saturated heterocycles. The van der Waals surface area contributed by atoms with Crippen LogP contribution >= 0.6 is 0 Å². The van der Waals surface area contributed by atoms with Crippen LogP contribution in [-0.2, 0) is 16.6 Å². The Morgan fingerprint density at radius 2 is 1.79 bits per heavy atom. The zero-order chi connectivity index (χ0) is 34.6. The number of hydrogen-bond donors (Lipinski definition) is 2. The van der Waals surface area contributed by atoms with Crippen LogP contribution in [-0.4, -0.2) is 48.7 Å². The van der Waals surface area contributed by atoms with Crippen LogP contribution in [0.4, 0.5) is 27.6 Å². The van der Waals surface area contributed by atoms with Gasteiger partial charge in [0.1, 0.15) is 34.5 Å². The Morgan fingerprint density at radius 1 is 1.12 bits per heavy atom. The Labute approximate surface area is 275 Å². The SMILES string of the molecule is CCC1CC(NCc2c(-c3ccccc3OC(F)(F)F)noc2C2CC2)CC(C)N1c1c(F)cc(C(=O)NS(=O)(=O)C2(C)CC2)cc1F. The van der Waals surface area contributed by atoms with Gasteiger partial charge in [0.25, 0.3) is 5.91 Å². The van der Waals surface area contributed by atoms with Gasteiger partial charge in [0.2, 0.25) is 10.0 Å². The van der Waals surface area contributed by atoms with Gasteiger partial charge >= 0.3 is 6.36 Å². The molecule has 2 aliphatic carbocycles. The molecule has 2 saturated carbocycles. The number of rotatable bonds is 11. The molecule has 15 heteroatoms. The predicted molar refractivity (Wildman–Crippen MR) is 167 cm³/mol. The zero-order valence-electron chi connectivity index (χ0n) is 26.7. The highest BCUT2D eigenvalue weighted by molar-refractivity contribution is 7.91. The third kappa shape index (κ3) is 6.89. The third-order valence-electron chi connectivity index (χ3n) is 9.59. The van der Waals surface area contributed by atoms with Crippen LogP contribution < -0.4 is 19.7 Å². The maximum atomic E-state index is 15.6. The van der Waals surface area contributed by atoms with Crippen LogP contribution in [0.3, 0.4) is 0 Å². The second-order valence-corrected chi connectivity index (χ2v) is 15.4. The molecule has 48 heavy (non-hydrogen) atoms. The largest absolute Gasteiger partial charge is 0.573 e. The number of sulfonamides is 1. The van der Waals surface area contributed by atoms with E-state index < -0.39 is 44.2 Å². The van der Waals surface area contributed by atoms with Crippen molar-refractivity contribution in [3.8, 4) is 17.0 Å². The summed E-state index contributed by atoms with van der Waals surface area (Å²) in [6, 6.07) is 6.69. The summed E-state index contributed by atoms with van der Waals surface area (Å²) in [6.45, 7) is 5.48. The number of carbonyl (C=O) groups is 1. The number of ether oxygens (including phenoxy) is 1. The Balaban J connectivity index is 1.19. The minimum Gasteiger partial charge on any atom is -0.405 e. The van der Waals surface area contributed by atoms with Crippen LogP contribution in [0, 0.1) is 11.6 Å². The van der Waals surface area contributed by atoms with Crippen LogP contribution in [0.1, 0.15) is 93.3 Å². The molecule has 260 valence electrons. The fourth-order valence-corrected chi connectivity index (χ4v) is 7.79. The number of nitrogens with one attached hydrogen (secondary N) is 2. The summed E-state index contributed by atoms with van der Waals surface area (Å²) in [4.78, 5) is 14.3. The number of piperidine rings is 1. The van der Waals surface area contributed by atoms with Crippen molar-refractivity contribution >= 4 is 21.6 Å². The highest BCUT2D eigenvalue weighted by atomic mass is 32.2. The molecular formula is C33H37F5N4O5S. The van der Waals surface area contributed by atoms with Crippen LogP contribution in [0.15, 0.2) is 40.9 Å². The molecule has 0 spiro atoms. The minimum atomic E-state index is -4.89. The number of alkyl halides is 3. The smallest absolute Gasteiger partial charge is 0.405 e. The van der Waals surface area contributed by atoms with E-state index in [2.05, 4.69) is 15.2 Å². The van der Waals surface area contributed by atoms with Crippen molar-refractivity contribution in [2.24, 2.45) is 0 Å². The molecule has 2 heterocycles. The van der Waals surface area contributed by atoms with Gasteiger partial charge < -0.3 is 19.5 Å². The van der Waals surface area contributed by atoms with E-state index in [0.717, 1.165) is 25.0 Å². The van der Waals surface area contributed by atoms with Crippen LogP contribution in [0.5, 0.6) is 5.75 Å². The summed E-state index contributed by atoms with van der Waals surface area (Å²) in [5, 5.41) is 7.65. The van der Waals surface area contributed by atoms with Gasteiger partial charge in [-0.15, -0.1) is 13.2 Å². The van der Waals surface area contributed by atoms with Crippen molar-refractivity contribution in [3.63, 3.8) is 0 Å². The van der Waals surface area contributed by atoms with Crippen molar-refractivity contribution in [1.82, 2.24) is 15.2 Å². The topological polar surface area (TPSA) is 114 Å². The van der Waals surface area contributed by atoms with Crippen molar-refractivity contribution < 1.29 is 44.4 Å². The Hall–Kier alpha value is -3.72. The molecule has 1 amide bonds. The van der Waals surface area contributed by atoms with Gasteiger partial charge in [0.15, 0.2) is 0 Å². The maximum Gasteiger partial charge on any atom is 0.573 e. The average Bonchev–Trinajstić information content (AvgIpc) is 3.94. The van der Waals surface area contributed by atoms with E-state index in [0.29, 0.717) is 43.4 Å². The van der Waals surface area contributed by atoms with Gasteiger partial charge in [0, 0.05) is 47.3 Å². The zero-order valence-corrected chi connectivity index (χ0v) is 27.5. The highest BCUT2D eigenvalue weighted by Gasteiger charge is 2.51. The first-order chi connectivity index (χ1) is 22.6. The number of amides is 1. The molecule has 3 aliphatic rings. The lowest BCUT2D eigenvalue weighted by Crippen LogP contribution is -2.53. The first-order valence-corrected chi connectivity index (χ1v) is 17.5. The van der Waals surface area contributed by atoms with E-state index in [-0.39, 0.29) is 53.3 Å². The van der Waals surface area contributed by atoms with Crippen molar-refractivity contribution in [1.29, 1.82) is 0 Å². The van der Waals surface area contributed by atoms with Crippen LogP contribution in [0.2, 0.25) is 0 Å². The highest BCUT2D eigenvalue weighted by Crippen LogP contribution is 2.46. The van der Waals surface area contributed by atoms with Crippen molar-refractivity contribution in [3.05, 3.63) is 64.9 Å². The molecule has 1 aliphatic heterocycles. The van der Waals surface area contributed by atoms with Crippen LogP contribution in [0.25, 0.3) is 11.3 Å². The fraction of sp³-hybridized carbons (Fsp3) is 0.515. The third-order valence-corrected chi connectivity index (χ3v) is 11.8. The van der Waals surface area contributed by atoms with Crippen molar-refractivity contribution in [2.45, 2.75) is 107 Å². The molecule has 3 atom stereocenters. The standard InChI is InChI=1S/C33H37F5N4O5S/c1-4-22-16-21(39-17-24-28(40-47-30(24)19-9-10-19)23-7-5-6-8-27(23)46-33(36,37)38)13-18(2)42(22)29-25(34)14-20(15-26(29)35)31(43)41-48(44,45)32(3)11-12-32/h5-8,14-15,18-19,21-22,39H,4,9-13,16-17H2,1-3H3,(H,41,43). The lowest BCUT2D eigenvalue weighted by molar-refractivity contribution is -0.274. The summed E-state index contributed by atoms with van der Waals surface area (Å²) in [7, 11) is -4.00. The Bertz CT molecular complexity index is 1780. The predicted octanol–water partition coefficient (Wildman–Crippen LogP) is 6.93. The fourth-order valence-electron chi connectivity index (χ4n) is 6.54. The monoisotopic (exact) mass is 696 g/mol. The van der Waals surface area contributed by atoms with Crippen molar-refractivity contribution in [2.75, 3.05) is 4.90 Å². The summed E-state index contributed by atoms with van der Waals surface area (Å²) in [5.41, 5.74) is 0.327. The maximum absolute atomic E-state index is 15.6. The first-order valence-electron chi connectivity index (χ1n) is 16.0. The van der Waals surface area contributed by atoms with E-state index >= 15 is 8.78 Å². The second-order valence-electron chi connectivity index (χ2n) is 13.2. The van der Waals surface area contributed by atoms with E-state index in [1.807, 2.05) is 18.6 Å². The molecular weight excluding hydrogens is 659 g/mol. The number of carbonyl (C=O) groups excluding carboxylic acids is 1. The van der Waals surface area contributed by atoms with Gasteiger partial charge in [-0.25, -0.2) is 21.9 Å². The number of anilines is 1. The molecule has 6 rings (SSSR count). The lowest BCUT2D eigenvalue weighted by atomic mass is 9.89. The number of aromatic nitrogens is 1. The van der Waals surface area contributed by atoms with E-state index in [4.69, 9.17) is 4.52 Å². The van der Waals surface area contributed by atoms with Gasteiger partial charge in [-0.2, -0.15) is 0 Å². The minimum absolute atomic E-state index is 0.121. The van der Waals surface area contributed by atoms with Gasteiger partial charge in [-0.3, -0.25) is 4.79 Å². The quantitative estimate of drug-likeness (QED) is 0.208. The van der Waals surface area contributed by atoms with Gasteiger partial charge in [-0.1, -0.05) is 24.2 Å². The number of hydrogen-bond acceptors (Lipinski definition) is 8. The molecule has 2 N–H and O–H groups in total. The summed E-state index contributed by atoms with van der Waals surface area (Å²) in [5.74, 6) is -2.70. The number of benzene rings is 2. The van der Waals surface area contributed by atoms with Gasteiger partial charge in [0.05, 0.1) is 4.75 Å². The number of para-hydroxylation sites is 1.